The van der Waals surface area contributed by atoms with Gasteiger partial charge < -0.3 is 0 Å². The Hall–Kier alpha value is -0.560. The van der Waals surface area contributed by atoms with E-state index in [0.717, 1.165) is 9.13 Å². The van der Waals surface area contributed by atoms with Crippen molar-refractivity contribution in [1.82, 2.24) is 0 Å². The average molecular weight is 230 g/mol. The van der Waals surface area contributed by atoms with Crippen molar-refractivity contribution in [1.29, 1.82) is 5.26 Å². The van der Waals surface area contributed by atoms with E-state index in [-0.39, 0.29) is 0 Å². The lowest BCUT2D eigenvalue weighted by Gasteiger charge is -1.86. The van der Waals surface area contributed by atoms with E-state index in [9.17, 15) is 0 Å². The Morgan fingerprint density at radius 3 is 2.22 bits per heavy atom. The molecule has 0 aliphatic rings. The zero-order chi connectivity index (χ0) is 6.69. The number of rotatable bonds is 0. The quantitative estimate of drug-likeness (QED) is 0.494. The summed E-state index contributed by atoms with van der Waals surface area (Å²) in [4.78, 5) is 0. The van der Waals surface area contributed by atoms with Crippen molar-refractivity contribution in [2.75, 3.05) is 0 Å². The average Bonchev–Trinajstić information content (AvgIpc) is 1.90. The Labute approximate surface area is 67.5 Å². The van der Waals surface area contributed by atoms with Gasteiger partial charge in [0.25, 0.3) is 0 Å². The van der Waals surface area contributed by atoms with Crippen LogP contribution in [0.5, 0.6) is 0 Å². The molecule has 1 rings (SSSR count). The summed E-state index contributed by atoms with van der Waals surface area (Å²) in [6, 6.07) is 9.50. The molecule has 0 radical (unpaired) electrons. The van der Waals surface area contributed by atoms with Gasteiger partial charge in [-0.3, -0.25) is 0 Å². The van der Waals surface area contributed by atoms with Gasteiger partial charge in [-0.15, -0.1) is 0 Å². The highest BCUT2D eigenvalue weighted by Gasteiger charge is 1.86. The summed E-state index contributed by atoms with van der Waals surface area (Å²) in [7, 11) is 0. The molecule has 2 heteroatoms. The van der Waals surface area contributed by atoms with Gasteiger partial charge in [0.1, 0.15) is 0 Å². The fourth-order valence-corrected chi connectivity index (χ4v) is 0.884. The first-order valence-corrected chi connectivity index (χ1v) is 3.56. The van der Waals surface area contributed by atoms with Crippen LogP contribution in [-0.4, -0.2) is 0 Å². The first-order valence-electron chi connectivity index (χ1n) is 2.48. The molecule has 9 heavy (non-hydrogen) atoms. The third-order valence-corrected chi connectivity index (χ3v) is 1.69. The van der Waals surface area contributed by atoms with Gasteiger partial charge in [-0.25, -0.2) is 0 Å². The van der Waals surface area contributed by atoms with Crippen LogP contribution in [-0.2, 0) is 0 Å². The SMILES string of the molecule is [15N]#Cc1ccc(I)cc1. The molecule has 0 atom stereocenters. The second kappa shape index (κ2) is 2.83. The van der Waals surface area contributed by atoms with E-state index in [2.05, 4.69) is 28.7 Å². The molecule has 0 unspecified atom stereocenters. The molecule has 1 aromatic rings. The minimum absolute atomic E-state index is 0.718. The van der Waals surface area contributed by atoms with Gasteiger partial charge >= 0.3 is 0 Å². The molecule has 44 valence electrons. The molecule has 0 aromatic heterocycles. The Morgan fingerprint density at radius 2 is 1.78 bits per heavy atom. The maximum absolute atomic E-state index is 8.38. The first-order chi connectivity index (χ1) is 4.33. The molecule has 1 aromatic carbocycles. The molecular formula is C7H4IN. The van der Waals surface area contributed by atoms with Gasteiger partial charge in [0.05, 0.1) is 11.6 Å². The summed E-state index contributed by atoms with van der Waals surface area (Å²) in [5.41, 5.74) is 0.718. The molecule has 0 amide bonds. The van der Waals surface area contributed by atoms with Crippen molar-refractivity contribution in [3.05, 3.63) is 33.4 Å². The van der Waals surface area contributed by atoms with E-state index in [1.165, 1.54) is 0 Å². The number of hydrogen-bond acceptors (Lipinski definition) is 1. The van der Waals surface area contributed by atoms with E-state index in [0.29, 0.717) is 0 Å². The highest BCUT2D eigenvalue weighted by atomic mass is 127. The molecule has 0 aliphatic heterocycles. The van der Waals surface area contributed by atoms with E-state index >= 15 is 0 Å². The minimum Gasteiger partial charge on any atom is -0.192 e. The van der Waals surface area contributed by atoms with Crippen LogP contribution in [0.4, 0.5) is 0 Å². The lowest BCUT2D eigenvalue weighted by atomic mass is 10.2. The second-order valence-corrected chi connectivity index (χ2v) is 2.86. The van der Waals surface area contributed by atoms with Crippen LogP contribution in [0.3, 0.4) is 0 Å². The van der Waals surface area contributed by atoms with Crippen LogP contribution in [0.25, 0.3) is 0 Å². The summed E-state index contributed by atoms with van der Waals surface area (Å²) >= 11 is 2.20. The van der Waals surface area contributed by atoms with Crippen molar-refractivity contribution in [2.45, 2.75) is 0 Å². The van der Waals surface area contributed by atoms with Crippen molar-refractivity contribution in [3.63, 3.8) is 0 Å². The molecule has 0 aliphatic carbocycles. The summed E-state index contributed by atoms with van der Waals surface area (Å²) in [5.74, 6) is 0. The first kappa shape index (κ1) is 6.56. The highest BCUT2D eigenvalue weighted by Crippen LogP contribution is 2.04. The van der Waals surface area contributed by atoms with Gasteiger partial charge in [0.15, 0.2) is 0 Å². The van der Waals surface area contributed by atoms with Crippen LogP contribution in [0.2, 0.25) is 0 Å². The van der Waals surface area contributed by atoms with Crippen LogP contribution in [0.15, 0.2) is 24.3 Å². The minimum atomic E-state index is 0.718. The topological polar surface area (TPSA) is 23.8 Å². The number of nitriles is 1. The number of nitrogens with zero attached hydrogens (tertiary/aromatic N) is 1. The normalized spacial score (nSPS) is 8.44. The third-order valence-electron chi connectivity index (χ3n) is 0.973. The predicted octanol–water partition coefficient (Wildman–Crippen LogP) is 2.16. The van der Waals surface area contributed by atoms with Crippen molar-refractivity contribution in [2.24, 2.45) is 0 Å². The van der Waals surface area contributed by atoms with Gasteiger partial charge in [-0.1, -0.05) is 0 Å². The van der Waals surface area contributed by atoms with Crippen LogP contribution < -0.4 is 0 Å². The zero-order valence-electron chi connectivity index (χ0n) is 4.63. The lowest BCUT2D eigenvalue weighted by molar-refractivity contribution is 1.48. The molecule has 0 spiro atoms. The van der Waals surface area contributed by atoms with E-state index in [1.54, 1.807) is 0 Å². The van der Waals surface area contributed by atoms with Crippen molar-refractivity contribution < 1.29 is 0 Å². The number of halogens is 1. The van der Waals surface area contributed by atoms with Gasteiger partial charge in [0, 0.05) is 3.57 Å². The van der Waals surface area contributed by atoms with Crippen LogP contribution in [0.1, 0.15) is 5.56 Å². The highest BCUT2D eigenvalue weighted by molar-refractivity contribution is 14.1. The lowest BCUT2D eigenvalue weighted by Crippen LogP contribution is -1.72. The molecule has 1 nitrogen and oxygen atoms in total. The van der Waals surface area contributed by atoms with E-state index in [1.807, 2.05) is 24.3 Å². The molecule has 0 fully saturated rings. The zero-order valence-corrected chi connectivity index (χ0v) is 6.79. The van der Waals surface area contributed by atoms with Crippen LogP contribution >= 0.6 is 22.6 Å². The smallest absolute Gasteiger partial charge is 0.0991 e. The summed E-state index contributed by atoms with van der Waals surface area (Å²) in [5, 5.41) is 8.38. The Bertz CT molecular complexity index is 232. The number of benzene rings is 1. The molecule has 0 saturated heterocycles. The largest absolute Gasteiger partial charge is 0.192 e. The van der Waals surface area contributed by atoms with Gasteiger partial charge in [0.2, 0.25) is 0 Å². The van der Waals surface area contributed by atoms with Gasteiger partial charge in [-0.2, -0.15) is 5.26 Å². The third kappa shape index (κ3) is 1.68. The van der Waals surface area contributed by atoms with Crippen LogP contribution in [0, 0.1) is 14.9 Å². The predicted molar refractivity (Wildman–Crippen MR) is 43.9 cm³/mol. The van der Waals surface area contributed by atoms with E-state index < -0.39 is 0 Å². The number of hydrogen-bond donors (Lipinski definition) is 0. The van der Waals surface area contributed by atoms with E-state index in [4.69, 9.17) is 5.26 Å². The second-order valence-electron chi connectivity index (χ2n) is 1.62. The maximum Gasteiger partial charge on any atom is 0.0991 e. The van der Waals surface area contributed by atoms with Crippen molar-refractivity contribution in [3.8, 4) is 6.07 Å². The Balaban J connectivity index is 3.06. The molecule has 0 N–H and O–H groups in total. The standard InChI is InChI=1S/C7H4IN/c8-7-3-1-6(5-9)2-4-7/h1-4H/i9+1. The monoisotopic (exact) mass is 230 g/mol. The fraction of sp³-hybridized carbons (Fsp3) is 0. The molecule has 0 bridgehead atoms. The summed E-state index contributed by atoms with van der Waals surface area (Å²) in [6.45, 7) is 0. The molecular weight excluding hydrogens is 226 g/mol. The maximum atomic E-state index is 8.38. The van der Waals surface area contributed by atoms with Crippen molar-refractivity contribution >= 4 is 22.6 Å². The van der Waals surface area contributed by atoms with Gasteiger partial charge in [-0.05, 0) is 46.9 Å². The fourth-order valence-electron chi connectivity index (χ4n) is 0.524. The summed E-state index contributed by atoms with van der Waals surface area (Å²) in [6.07, 6.45) is 0. The molecule has 0 saturated carbocycles. The Morgan fingerprint density at radius 1 is 1.22 bits per heavy atom. The summed E-state index contributed by atoms with van der Waals surface area (Å²) < 4.78 is 1.16. The molecule has 0 heterocycles. The Kier molecular flexibility index (Phi) is 2.06.